The molecule has 0 rings (SSSR count). The predicted molar refractivity (Wildman–Crippen MR) is 50.6 cm³/mol. The van der Waals surface area contributed by atoms with Gasteiger partial charge in [0.15, 0.2) is 6.10 Å². The van der Waals surface area contributed by atoms with E-state index in [1.807, 2.05) is 0 Å². The Morgan fingerprint density at radius 1 is 1.38 bits per heavy atom. The number of hydrogen-bond donors (Lipinski definition) is 1. The first-order valence-corrected chi connectivity index (χ1v) is 4.71. The van der Waals surface area contributed by atoms with Crippen LogP contribution in [-0.2, 0) is 14.3 Å². The van der Waals surface area contributed by atoms with Crippen molar-refractivity contribution in [3.05, 3.63) is 0 Å². The Bertz CT molecular complexity index is 231. The lowest BCUT2D eigenvalue weighted by Crippen LogP contribution is -2.52. The van der Waals surface area contributed by atoms with E-state index in [0.29, 0.717) is 0 Å². The second-order valence-corrected chi connectivity index (χ2v) is 3.75. The van der Waals surface area contributed by atoms with Crippen molar-refractivity contribution in [1.82, 2.24) is 0 Å². The van der Waals surface area contributed by atoms with Crippen LogP contribution in [0.3, 0.4) is 0 Å². The molecule has 0 aliphatic rings. The lowest BCUT2D eigenvalue weighted by Gasteiger charge is -2.23. The topological polar surface area (TPSA) is 61.5 Å². The first kappa shape index (κ1) is 15.2. The fraction of sp³-hybridized carbons (Fsp3) is 0.889. The first-order chi connectivity index (χ1) is 7.20. The smallest absolute Gasteiger partial charge is 0.406 e. The van der Waals surface area contributed by atoms with Gasteiger partial charge in [-0.1, -0.05) is 13.8 Å². The molecule has 16 heavy (non-hydrogen) atoms. The molecule has 0 unspecified atom stereocenters. The number of halogens is 3. The maximum Gasteiger partial charge on any atom is 0.406 e. The molecule has 0 heterocycles. The van der Waals surface area contributed by atoms with E-state index in [4.69, 9.17) is 5.73 Å². The average molecular weight is 243 g/mol. The second-order valence-electron chi connectivity index (χ2n) is 3.75. The zero-order chi connectivity index (χ0) is 12.9. The van der Waals surface area contributed by atoms with Crippen LogP contribution in [-0.4, -0.2) is 38.0 Å². The summed E-state index contributed by atoms with van der Waals surface area (Å²) in [5.41, 5.74) is 4.86. The summed E-state index contributed by atoms with van der Waals surface area (Å²) in [4.78, 5) is 11.2. The summed E-state index contributed by atoms with van der Waals surface area (Å²) in [5, 5.41) is 0. The number of carbonyl (C=O) groups is 1. The van der Waals surface area contributed by atoms with Gasteiger partial charge in [0.05, 0.1) is 6.61 Å². The summed E-state index contributed by atoms with van der Waals surface area (Å²) in [5.74, 6) is -1.07. The SMILES string of the molecule is CO[C@@H](C(=O)OCC(C)C)[C@@H](N)C(F)(F)F. The van der Waals surface area contributed by atoms with Gasteiger partial charge in [-0.05, 0) is 5.92 Å². The Morgan fingerprint density at radius 3 is 2.19 bits per heavy atom. The molecule has 0 radical (unpaired) electrons. The fourth-order valence-electron chi connectivity index (χ4n) is 0.892. The maximum atomic E-state index is 12.2. The molecule has 0 bridgehead atoms. The van der Waals surface area contributed by atoms with Crippen molar-refractivity contribution in [2.45, 2.75) is 32.2 Å². The van der Waals surface area contributed by atoms with Crippen LogP contribution >= 0.6 is 0 Å². The van der Waals surface area contributed by atoms with E-state index in [2.05, 4.69) is 9.47 Å². The van der Waals surface area contributed by atoms with Crippen molar-refractivity contribution in [3.63, 3.8) is 0 Å². The molecule has 0 aromatic carbocycles. The number of nitrogens with two attached hydrogens (primary N) is 1. The Hall–Kier alpha value is -0.820. The number of alkyl halides is 3. The van der Waals surface area contributed by atoms with Crippen molar-refractivity contribution in [2.24, 2.45) is 11.7 Å². The van der Waals surface area contributed by atoms with E-state index >= 15 is 0 Å². The number of carbonyl (C=O) groups excluding carboxylic acids is 1. The molecule has 0 aliphatic carbocycles. The summed E-state index contributed by atoms with van der Waals surface area (Å²) in [6, 6.07) is -2.38. The van der Waals surface area contributed by atoms with Gasteiger partial charge in [-0.25, -0.2) is 4.79 Å². The van der Waals surface area contributed by atoms with Gasteiger partial charge in [-0.3, -0.25) is 0 Å². The molecule has 0 aromatic rings. The minimum atomic E-state index is -4.70. The van der Waals surface area contributed by atoms with Crippen LogP contribution < -0.4 is 5.73 Å². The quantitative estimate of drug-likeness (QED) is 0.734. The van der Waals surface area contributed by atoms with Crippen LogP contribution in [0, 0.1) is 5.92 Å². The molecule has 96 valence electrons. The van der Waals surface area contributed by atoms with Crippen molar-refractivity contribution in [3.8, 4) is 0 Å². The van der Waals surface area contributed by atoms with E-state index < -0.39 is 24.3 Å². The van der Waals surface area contributed by atoms with Gasteiger partial charge in [0.1, 0.15) is 6.04 Å². The number of methoxy groups -OCH3 is 1. The third-order valence-corrected chi connectivity index (χ3v) is 1.75. The van der Waals surface area contributed by atoms with Crippen molar-refractivity contribution < 1.29 is 27.4 Å². The van der Waals surface area contributed by atoms with Crippen LogP contribution in [0.5, 0.6) is 0 Å². The van der Waals surface area contributed by atoms with Gasteiger partial charge in [-0.15, -0.1) is 0 Å². The highest BCUT2D eigenvalue weighted by Crippen LogP contribution is 2.22. The molecular formula is C9H16F3NO3. The molecule has 0 saturated carbocycles. The predicted octanol–water partition coefficient (Wildman–Crippen LogP) is 1.09. The van der Waals surface area contributed by atoms with Gasteiger partial charge in [0.2, 0.25) is 0 Å². The summed E-state index contributed by atoms with van der Waals surface area (Å²) in [6.07, 6.45) is -6.52. The first-order valence-electron chi connectivity index (χ1n) is 4.71. The Labute approximate surface area is 91.9 Å². The second kappa shape index (κ2) is 6.05. The Kier molecular flexibility index (Phi) is 5.74. The molecule has 0 saturated heterocycles. The monoisotopic (exact) mass is 243 g/mol. The Balaban J connectivity index is 4.43. The standard InChI is InChI=1S/C9H16F3NO3/c1-5(2)4-16-8(14)6(15-3)7(13)9(10,11)12/h5-7H,4,13H2,1-3H3/t6-,7-/m1/s1. The number of rotatable bonds is 5. The third-order valence-electron chi connectivity index (χ3n) is 1.75. The minimum absolute atomic E-state index is 0.0310. The molecule has 4 nitrogen and oxygen atoms in total. The molecule has 0 amide bonds. The van der Waals surface area contributed by atoms with Gasteiger partial charge in [-0.2, -0.15) is 13.2 Å². The van der Waals surface area contributed by atoms with Crippen LogP contribution in [0.1, 0.15) is 13.8 Å². The van der Waals surface area contributed by atoms with E-state index in [0.717, 1.165) is 7.11 Å². The molecule has 0 aromatic heterocycles. The number of ether oxygens (including phenoxy) is 2. The number of esters is 1. The van der Waals surface area contributed by atoms with E-state index in [-0.39, 0.29) is 12.5 Å². The molecule has 2 N–H and O–H groups in total. The van der Waals surface area contributed by atoms with E-state index in [1.165, 1.54) is 0 Å². The molecule has 2 atom stereocenters. The van der Waals surface area contributed by atoms with Crippen LogP contribution in [0.25, 0.3) is 0 Å². The molecular weight excluding hydrogens is 227 g/mol. The average Bonchev–Trinajstić information content (AvgIpc) is 2.14. The summed E-state index contributed by atoms with van der Waals surface area (Å²) < 4.78 is 45.7. The van der Waals surface area contributed by atoms with Gasteiger partial charge in [0, 0.05) is 7.11 Å². The van der Waals surface area contributed by atoms with E-state index in [1.54, 1.807) is 13.8 Å². The summed E-state index contributed by atoms with van der Waals surface area (Å²) in [6.45, 7) is 3.56. The number of hydrogen-bond acceptors (Lipinski definition) is 4. The van der Waals surface area contributed by atoms with Gasteiger partial charge in [0.25, 0.3) is 0 Å². The van der Waals surface area contributed by atoms with E-state index in [9.17, 15) is 18.0 Å². The van der Waals surface area contributed by atoms with Crippen LogP contribution in [0.4, 0.5) is 13.2 Å². The van der Waals surface area contributed by atoms with Crippen LogP contribution in [0.15, 0.2) is 0 Å². The Morgan fingerprint density at radius 2 is 1.88 bits per heavy atom. The normalized spacial score (nSPS) is 16.0. The molecule has 0 aliphatic heterocycles. The van der Waals surface area contributed by atoms with Gasteiger partial charge < -0.3 is 15.2 Å². The van der Waals surface area contributed by atoms with Crippen molar-refractivity contribution in [1.29, 1.82) is 0 Å². The molecule has 7 heteroatoms. The highest BCUT2D eigenvalue weighted by Gasteiger charge is 2.46. The fourth-order valence-corrected chi connectivity index (χ4v) is 0.892. The van der Waals surface area contributed by atoms with Crippen LogP contribution in [0.2, 0.25) is 0 Å². The minimum Gasteiger partial charge on any atom is -0.463 e. The highest BCUT2D eigenvalue weighted by atomic mass is 19.4. The summed E-state index contributed by atoms with van der Waals surface area (Å²) in [7, 11) is 0.979. The van der Waals surface area contributed by atoms with Gasteiger partial charge >= 0.3 is 12.1 Å². The maximum absolute atomic E-state index is 12.2. The molecule has 0 spiro atoms. The zero-order valence-corrected chi connectivity index (χ0v) is 9.38. The highest BCUT2D eigenvalue weighted by molar-refractivity contribution is 5.75. The lowest BCUT2D eigenvalue weighted by atomic mass is 10.1. The summed E-state index contributed by atoms with van der Waals surface area (Å²) >= 11 is 0. The zero-order valence-electron chi connectivity index (χ0n) is 9.38. The lowest BCUT2D eigenvalue weighted by molar-refractivity contribution is -0.190. The van der Waals surface area contributed by atoms with Crippen molar-refractivity contribution >= 4 is 5.97 Å². The largest absolute Gasteiger partial charge is 0.463 e. The third kappa shape index (κ3) is 4.80. The van der Waals surface area contributed by atoms with Crippen molar-refractivity contribution in [2.75, 3.05) is 13.7 Å². The molecule has 0 fully saturated rings.